The normalized spacial score (nSPS) is 20.3. The van der Waals surface area contributed by atoms with Crippen molar-refractivity contribution in [1.82, 2.24) is 10.6 Å². The van der Waals surface area contributed by atoms with E-state index < -0.39 is 0 Å². The van der Waals surface area contributed by atoms with E-state index in [-0.39, 0.29) is 0 Å². The molecule has 7 heavy (non-hydrogen) atoms. The highest BCUT2D eigenvalue weighted by Crippen LogP contribution is 1.60. The van der Waals surface area contributed by atoms with Crippen molar-refractivity contribution in [1.29, 1.82) is 0 Å². The zero-order valence-corrected chi connectivity index (χ0v) is 4.72. The van der Waals surface area contributed by atoms with Crippen molar-refractivity contribution in [2.24, 2.45) is 0 Å². The monoisotopic (exact) mass is 118 g/mol. The summed E-state index contributed by atoms with van der Waals surface area (Å²) < 4.78 is 0. The van der Waals surface area contributed by atoms with Crippen LogP contribution >= 0.6 is 12.2 Å². The Bertz CT molecular complexity index is 74.2. The topological polar surface area (TPSA) is 40.7 Å². The number of thiocarbonyl (C=S) groups is 1. The summed E-state index contributed by atoms with van der Waals surface area (Å²) in [7, 11) is 0. The van der Waals surface area contributed by atoms with Crippen molar-refractivity contribution < 1.29 is 5.32 Å². The molecule has 3 nitrogen and oxygen atoms in total. The van der Waals surface area contributed by atoms with Gasteiger partial charge in [0.05, 0.1) is 0 Å². The van der Waals surface area contributed by atoms with Gasteiger partial charge in [0.2, 0.25) is 0 Å². The van der Waals surface area contributed by atoms with Gasteiger partial charge in [-0.1, -0.05) is 0 Å². The molecule has 4 heteroatoms. The van der Waals surface area contributed by atoms with E-state index in [9.17, 15) is 0 Å². The molecular weight excluding hydrogens is 110 g/mol. The van der Waals surface area contributed by atoms with E-state index in [0.717, 1.165) is 18.4 Å². The Morgan fingerprint density at radius 3 is 2.29 bits per heavy atom. The third-order valence-corrected chi connectivity index (χ3v) is 1.10. The van der Waals surface area contributed by atoms with Gasteiger partial charge in [-0.25, -0.2) is 0 Å². The summed E-state index contributed by atoms with van der Waals surface area (Å²) in [5, 5.41) is 8.75. The minimum absolute atomic E-state index is 0.766. The highest BCUT2D eigenvalue weighted by Gasteiger charge is 1.99. The number of hydrogen-bond acceptors (Lipinski definition) is 1. The average Bonchev–Trinajstić information content (AvgIpc) is 1.69. The van der Waals surface area contributed by atoms with Gasteiger partial charge in [0.15, 0.2) is 18.4 Å². The summed E-state index contributed by atoms with van der Waals surface area (Å²) in [6.07, 6.45) is 0. The maximum absolute atomic E-state index is 4.76. The van der Waals surface area contributed by atoms with Crippen LogP contribution in [0.2, 0.25) is 0 Å². The first-order valence-corrected chi connectivity index (χ1v) is 2.64. The second-order valence-electron chi connectivity index (χ2n) is 1.38. The summed E-state index contributed by atoms with van der Waals surface area (Å²) in [6.45, 7) is 1.82. The van der Waals surface area contributed by atoms with Crippen LogP contribution in [-0.2, 0) is 0 Å². The van der Waals surface area contributed by atoms with Crippen molar-refractivity contribution in [2.75, 3.05) is 13.3 Å². The molecule has 1 saturated heterocycles. The first-order valence-electron chi connectivity index (χ1n) is 2.23. The minimum Gasteiger partial charge on any atom is -0.316 e. The summed E-state index contributed by atoms with van der Waals surface area (Å²) >= 11 is 4.76. The standard InChI is InChI=1S/C3H7N3S/c7-3-5-1-4-2-6-3/h4H,1-2H2,(H2,5,6,7)/p+1. The molecule has 40 valence electrons. The lowest BCUT2D eigenvalue weighted by molar-refractivity contribution is -0.663. The molecule has 0 amide bonds. The smallest absolute Gasteiger partial charge is 0.174 e. The van der Waals surface area contributed by atoms with Gasteiger partial charge in [-0.3, -0.25) is 0 Å². The molecule has 0 aromatic heterocycles. The van der Waals surface area contributed by atoms with E-state index in [0.29, 0.717) is 0 Å². The molecule has 1 fully saturated rings. The quantitative estimate of drug-likeness (QED) is 0.320. The summed E-state index contributed by atoms with van der Waals surface area (Å²) in [5.41, 5.74) is 0. The molecule has 1 heterocycles. The average molecular weight is 118 g/mol. The molecule has 4 N–H and O–H groups in total. The number of quaternary nitrogens is 1. The fourth-order valence-electron chi connectivity index (χ4n) is 0.464. The highest BCUT2D eigenvalue weighted by molar-refractivity contribution is 7.80. The SMILES string of the molecule is S=C1NC[NH2+]CN1. The number of nitrogens with two attached hydrogens (primary N) is 1. The second-order valence-corrected chi connectivity index (χ2v) is 1.79. The van der Waals surface area contributed by atoms with Gasteiger partial charge in [-0.05, 0) is 12.2 Å². The van der Waals surface area contributed by atoms with Crippen LogP contribution in [0.3, 0.4) is 0 Å². The summed E-state index contributed by atoms with van der Waals surface area (Å²) in [6, 6.07) is 0. The third kappa shape index (κ3) is 1.29. The van der Waals surface area contributed by atoms with Gasteiger partial charge in [0, 0.05) is 0 Å². The van der Waals surface area contributed by atoms with E-state index in [1.807, 2.05) is 0 Å². The van der Waals surface area contributed by atoms with Crippen molar-refractivity contribution in [2.45, 2.75) is 0 Å². The minimum atomic E-state index is 0.766. The molecule has 0 bridgehead atoms. The Hall–Kier alpha value is -0.350. The van der Waals surface area contributed by atoms with Crippen molar-refractivity contribution in [3.63, 3.8) is 0 Å². The van der Waals surface area contributed by atoms with E-state index in [4.69, 9.17) is 12.2 Å². The van der Waals surface area contributed by atoms with E-state index in [2.05, 4.69) is 16.0 Å². The van der Waals surface area contributed by atoms with Crippen LogP contribution in [0.25, 0.3) is 0 Å². The van der Waals surface area contributed by atoms with Crippen LogP contribution in [0, 0.1) is 0 Å². The zero-order chi connectivity index (χ0) is 5.11. The number of rotatable bonds is 0. The molecule has 0 radical (unpaired) electrons. The van der Waals surface area contributed by atoms with Crippen LogP contribution in [0.1, 0.15) is 0 Å². The fourth-order valence-corrected chi connectivity index (χ4v) is 0.631. The molecule has 0 atom stereocenters. The van der Waals surface area contributed by atoms with Crippen LogP contribution in [-0.4, -0.2) is 18.4 Å². The van der Waals surface area contributed by atoms with Gasteiger partial charge in [0.25, 0.3) is 0 Å². The Balaban J connectivity index is 2.25. The predicted molar refractivity (Wildman–Crippen MR) is 30.5 cm³/mol. The Morgan fingerprint density at radius 2 is 2.00 bits per heavy atom. The third-order valence-electron chi connectivity index (χ3n) is 0.814. The summed E-state index contributed by atoms with van der Waals surface area (Å²) in [5.74, 6) is 0. The molecule has 0 spiro atoms. The molecular formula is C3H8N3S+. The second kappa shape index (κ2) is 2.09. The van der Waals surface area contributed by atoms with Crippen LogP contribution < -0.4 is 16.0 Å². The van der Waals surface area contributed by atoms with E-state index in [1.165, 1.54) is 0 Å². The predicted octanol–water partition coefficient (Wildman–Crippen LogP) is -2.06. The molecule has 0 aromatic rings. The van der Waals surface area contributed by atoms with Crippen molar-refractivity contribution in [3.05, 3.63) is 0 Å². The molecule has 1 rings (SSSR count). The molecule has 0 aromatic carbocycles. The van der Waals surface area contributed by atoms with E-state index in [1.54, 1.807) is 0 Å². The van der Waals surface area contributed by atoms with Crippen molar-refractivity contribution >= 4 is 17.3 Å². The maximum Gasteiger partial charge on any atom is 0.174 e. The van der Waals surface area contributed by atoms with Crippen LogP contribution in [0.5, 0.6) is 0 Å². The molecule has 0 aliphatic carbocycles. The lowest BCUT2D eigenvalue weighted by Gasteiger charge is -2.13. The number of nitrogens with one attached hydrogen (secondary N) is 2. The fraction of sp³-hybridized carbons (Fsp3) is 0.667. The molecule has 0 unspecified atom stereocenters. The molecule has 0 saturated carbocycles. The Kier molecular flexibility index (Phi) is 1.43. The van der Waals surface area contributed by atoms with E-state index >= 15 is 0 Å². The molecule has 1 aliphatic heterocycles. The molecule has 1 aliphatic rings. The Morgan fingerprint density at radius 1 is 1.43 bits per heavy atom. The van der Waals surface area contributed by atoms with Crippen molar-refractivity contribution in [3.8, 4) is 0 Å². The van der Waals surface area contributed by atoms with Gasteiger partial charge in [-0.15, -0.1) is 0 Å². The first-order chi connectivity index (χ1) is 3.39. The van der Waals surface area contributed by atoms with Gasteiger partial charge >= 0.3 is 0 Å². The lowest BCUT2D eigenvalue weighted by Crippen LogP contribution is -2.93. The summed E-state index contributed by atoms with van der Waals surface area (Å²) in [4.78, 5) is 0. The van der Waals surface area contributed by atoms with Gasteiger partial charge in [0.1, 0.15) is 0 Å². The lowest BCUT2D eigenvalue weighted by atomic mass is 10.8. The Labute approximate surface area is 47.5 Å². The number of hydrogen-bond donors (Lipinski definition) is 3. The van der Waals surface area contributed by atoms with Gasteiger partial charge < -0.3 is 16.0 Å². The largest absolute Gasteiger partial charge is 0.316 e. The van der Waals surface area contributed by atoms with Crippen LogP contribution in [0.4, 0.5) is 0 Å². The first kappa shape index (κ1) is 4.80. The maximum atomic E-state index is 4.76. The van der Waals surface area contributed by atoms with Gasteiger partial charge in [-0.2, -0.15) is 0 Å². The highest BCUT2D eigenvalue weighted by atomic mass is 32.1. The zero-order valence-electron chi connectivity index (χ0n) is 3.90. The van der Waals surface area contributed by atoms with Crippen LogP contribution in [0.15, 0.2) is 0 Å².